The van der Waals surface area contributed by atoms with Gasteiger partial charge in [-0.05, 0) is 76.6 Å². The first kappa shape index (κ1) is 25.0. The average Bonchev–Trinajstić information content (AvgIpc) is 3.16. The summed E-state index contributed by atoms with van der Waals surface area (Å²) in [7, 11) is -1.91. The Balaban J connectivity index is 1.85. The van der Waals surface area contributed by atoms with Gasteiger partial charge in [0.15, 0.2) is 8.32 Å². The van der Waals surface area contributed by atoms with Crippen molar-refractivity contribution in [1.29, 1.82) is 0 Å². The van der Waals surface area contributed by atoms with Crippen LogP contribution in [-0.4, -0.2) is 42.6 Å². The molecule has 0 unspecified atom stereocenters. The SMILES string of the molecule is CC(C)(C)OC(=O)N1C2(CC=Cc3ccccc3)CCC1(CO[Si](C)(C)C(C)(C)C)CC2. The van der Waals surface area contributed by atoms with Gasteiger partial charge in [0.2, 0.25) is 0 Å². The van der Waals surface area contributed by atoms with Crippen LogP contribution in [0.4, 0.5) is 4.79 Å². The van der Waals surface area contributed by atoms with Crippen molar-refractivity contribution in [1.82, 2.24) is 4.90 Å². The van der Waals surface area contributed by atoms with Gasteiger partial charge in [0.25, 0.3) is 0 Å². The molecule has 2 bridgehead atoms. The van der Waals surface area contributed by atoms with Crippen LogP contribution in [0.1, 0.15) is 79.2 Å². The van der Waals surface area contributed by atoms with E-state index in [4.69, 9.17) is 9.16 Å². The van der Waals surface area contributed by atoms with E-state index in [1.807, 2.05) is 26.8 Å². The molecule has 0 aliphatic carbocycles. The fourth-order valence-electron chi connectivity index (χ4n) is 4.84. The third-order valence-electron chi connectivity index (χ3n) is 7.75. The molecule has 0 aromatic heterocycles. The molecule has 4 nitrogen and oxygen atoms in total. The number of fused-ring (bicyclic) bond motifs is 2. The normalized spacial score (nSPS) is 26.2. The minimum Gasteiger partial charge on any atom is -0.444 e. The molecule has 3 rings (SSSR count). The Morgan fingerprint density at radius 2 is 1.56 bits per heavy atom. The topological polar surface area (TPSA) is 38.8 Å². The van der Waals surface area contributed by atoms with Crippen LogP contribution in [0.5, 0.6) is 0 Å². The zero-order valence-electron chi connectivity index (χ0n) is 21.5. The summed E-state index contributed by atoms with van der Waals surface area (Å²) in [5.41, 5.74) is 0.251. The molecule has 2 aliphatic rings. The number of carbonyl (C=O) groups is 1. The number of hydrogen-bond donors (Lipinski definition) is 0. The number of ether oxygens (including phenoxy) is 1. The molecule has 2 fully saturated rings. The number of carbonyl (C=O) groups excluding carboxylic acids is 1. The fraction of sp³-hybridized carbons (Fsp3) is 0.667. The first-order valence-corrected chi connectivity index (χ1v) is 15.0. The van der Waals surface area contributed by atoms with Gasteiger partial charge in [0.1, 0.15) is 5.60 Å². The number of nitrogens with zero attached hydrogens (tertiary/aromatic N) is 1. The largest absolute Gasteiger partial charge is 0.444 e. The second-order valence-electron chi connectivity index (χ2n) is 12.3. The van der Waals surface area contributed by atoms with Crippen molar-refractivity contribution < 1.29 is 14.0 Å². The molecule has 2 heterocycles. The number of amides is 1. The lowest BCUT2D eigenvalue weighted by Gasteiger charge is -2.43. The number of rotatable bonds is 6. The van der Waals surface area contributed by atoms with Crippen molar-refractivity contribution in [3.63, 3.8) is 0 Å². The lowest BCUT2D eigenvalue weighted by molar-refractivity contribution is -0.0124. The van der Waals surface area contributed by atoms with E-state index in [0.29, 0.717) is 6.61 Å². The van der Waals surface area contributed by atoms with Crippen molar-refractivity contribution in [2.24, 2.45) is 0 Å². The highest BCUT2D eigenvalue weighted by Crippen LogP contribution is 2.56. The van der Waals surface area contributed by atoms with Crippen LogP contribution in [0.25, 0.3) is 6.08 Å². The van der Waals surface area contributed by atoms with Crippen molar-refractivity contribution in [3.05, 3.63) is 42.0 Å². The Kier molecular flexibility index (Phi) is 6.76. The molecule has 0 saturated carbocycles. The molecule has 5 heteroatoms. The van der Waals surface area contributed by atoms with Crippen LogP contribution in [0, 0.1) is 0 Å². The maximum atomic E-state index is 13.5. The summed E-state index contributed by atoms with van der Waals surface area (Å²) in [5.74, 6) is 0. The van der Waals surface area contributed by atoms with E-state index < -0.39 is 13.9 Å². The van der Waals surface area contributed by atoms with E-state index in [-0.39, 0.29) is 22.2 Å². The Labute approximate surface area is 196 Å². The van der Waals surface area contributed by atoms with Crippen LogP contribution < -0.4 is 0 Å². The molecule has 0 radical (unpaired) electrons. The third kappa shape index (κ3) is 5.14. The van der Waals surface area contributed by atoms with Gasteiger partial charge < -0.3 is 9.16 Å². The fourth-order valence-corrected chi connectivity index (χ4v) is 5.90. The Morgan fingerprint density at radius 1 is 1.00 bits per heavy atom. The zero-order valence-corrected chi connectivity index (χ0v) is 22.5. The summed E-state index contributed by atoms with van der Waals surface area (Å²) < 4.78 is 12.6. The van der Waals surface area contributed by atoms with Gasteiger partial charge in [-0.3, -0.25) is 4.90 Å². The highest BCUT2D eigenvalue weighted by Gasteiger charge is 2.63. The van der Waals surface area contributed by atoms with Gasteiger partial charge in [-0.15, -0.1) is 0 Å². The zero-order chi connectivity index (χ0) is 23.8. The van der Waals surface area contributed by atoms with Crippen molar-refractivity contribution in [2.45, 2.75) is 108 Å². The predicted octanol–water partition coefficient (Wildman–Crippen LogP) is 7.41. The molecule has 2 saturated heterocycles. The molecule has 1 aromatic rings. The molecular weight excluding hydrogens is 414 g/mol. The van der Waals surface area contributed by atoms with Gasteiger partial charge in [-0.2, -0.15) is 0 Å². The second-order valence-corrected chi connectivity index (χ2v) is 17.1. The molecule has 178 valence electrons. The quantitative estimate of drug-likeness (QED) is 0.417. The molecule has 0 N–H and O–H groups in total. The van der Waals surface area contributed by atoms with Crippen molar-refractivity contribution in [2.75, 3.05) is 6.61 Å². The van der Waals surface area contributed by atoms with Gasteiger partial charge in [-0.25, -0.2) is 4.79 Å². The molecular formula is C27H43NO3Si. The number of benzene rings is 1. The van der Waals surface area contributed by atoms with E-state index >= 15 is 0 Å². The van der Waals surface area contributed by atoms with Gasteiger partial charge in [0.05, 0.1) is 17.7 Å². The minimum atomic E-state index is -1.91. The van der Waals surface area contributed by atoms with Crippen molar-refractivity contribution in [3.8, 4) is 0 Å². The summed E-state index contributed by atoms with van der Waals surface area (Å²) in [5, 5.41) is 0.146. The first-order chi connectivity index (χ1) is 14.7. The Morgan fingerprint density at radius 3 is 2.09 bits per heavy atom. The summed E-state index contributed by atoms with van der Waals surface area (Å²) in [6, 6.07) is 10.4. The van der Waals surface area contributed by atoms with Crippen molar-refractivity contribution >= 4 is 20.5 Å². The lowest BCUT2D eigenvalue weighted by Crippen LogP contribution is -2.56. The monoisotopic (exact) mass is 457 g/mol. The maximum Gasteiger partial charge on any atom is 0.411 e. The van der Waals surface area contributed by atoms with Gasteiger partial charge in [-0.1, -0.05) is 63.3 Å². The maximum absolute atomic E-state index is 13.5. The van der Waals surface area contributed by atoms with E-state index in [2.05, 4.69) is 75.2 Å². The van der Waals surface area contributed by atoms with E-state index in [9.17, 15) is 4.79 Å². The highest BCUT2D eigenvalue weighted by atomic mass is 28.4. The summed E-state index contributed by atoms with van der Waals surface area (Å²) >= 11 is 0. The molecule has 1 aromatic carbocycles. The Hall–Kier alpha value is -1.59. The minimum absolute atomic E-state index is 0.146. The van der Waals surface area contributed by atoms with Gasteiger partial charge >= 0.3 is 6.09 Å². The van der Waals surface area contributed by atoms with Crippen LogP contribution in [0.3, 0.4) is 0 Å². The van der Waals surface area contributed by atoms with Crippen LogP contribution in [0.2, 0.25) is 18.1 Å². The summed E-state index contributed by atoms with van der Waals surface area (Å²) in [4.78, 5) is 15.6. The molecule has 1 amide bonds. The van der Waals surface area contributed by atoms with E-state index in [1.165, 1.54) is 5.56 Å². The Bertz CT molecular complexity index is 825. The molecule has 2 aliphatic heterocycles. The lowest BCUT2D eigenvalue weighted by atomic mass is 9.81. The second kappa shape index (κ2) is 8.64. The van der Waals surface area contributed by atoms with Crippen LogP contribution in [0.15, 0.2) is 36.4 Å². The summed E-state index contributed by atoms with van der Waals surface area (Å²) in [6.45, 7) is 17.9. The van der Waals surface area contributed by atoms with Crippen LogP contribution in [-0.2, 0) is 9.16 Å². The standard InChI is InChI=1S/C27H43NO3Si/c1-24(2,3)31-23(29)28-26(16-12-15-22-13-10-9-11-14-22)17-19-27(28,20-18-26)21-30-32(7,8)25(4,5)6/h9-15H,16-21H2,1-8H3. The molecule has 0 spiro atoms. The number of hydrogen-bond acceptors (Lipinski definition) is 3. The van der Waals surface area contributed by atoms with Gasteiger partial charge in [0, 0.05) is 0 Å². The first-order valence-electron chi connectivity index (χ1n) is 12.1. The predicted molar refractivity (Wildman–Crippen MR) is 135 cm³/mol. The summed E-state index contributed by atoms with van der Waals surface area (Å²) in [6.07, 6.45) is 9.07. The molecule has 32 heavy (non-hydrogen) atoms. The molecule has 0 atom stereocenters. The van der Waals surface area contributed by atoms with E-state index in [1.54, 1.807) is 0 Å². The third-order valence-corrected chi connectivity index (χ3v) is 12.2. The smallest absolute Gasteiger partial charge is 0.411 e. The average molecular weight is 458 g/mol. The highest BCUT2D eigenvalue weighted by molar-refractivity contribution is 6.74. The van der Waals surface area contributed by atoms with Crippen LogP contribution >= 0.6 is 0 Å². The van der Waals surface area contributed by atoms with E-state index in [0.717, 1.165) is 32.1 Å².